The van der Waals surface area contributed by atoms with Gasteiger partial charge in [0, 0.05) is 13.1 Å². The number of sulfonamides is 1. The van der Waals surface area contributed by atoms with E-state index in [0.29, 0.717) is 0 Å². The molecule has 18 heavy (non-hydrogen) atoms. The smallest absolute Gasteiger partial charge is 0.245 e. The highest BCUT2D eigenvalue weighted by atomic mass is 32.2. The average Bonchev–Trinajstić information content (AvgIpc) is 2.32. The molecule has 1 aromatic rings. The van der Waals surface area contributed by atoms with Crippen LogP contribution in [0.15, 0.2) is 35.7 Å². The molecule has 7 heteroatoms. The molecule has 0 heterocycles. The zero-order chi connectivity index (χ0) is 13.8. The number of aliphatic hydroxyl groups excluding tert-OH is 1. The molecular formula is C11H15FN2O3S. The summed E-state index contributed by atoms with van der Waals surface area (Å²) in [7, 11) is -3.94. The van der Waals surface area contributed by atoms with Gasteiger partial charge in [-0.05, 0) is 12.1 Å². The van der Waals surface area contributed by atoms with Crippen LogP contribution in [-0.2, 0) is 10.0 Å². The van der Waals surface area contributed by atoms with Gasteiger partial charge >= 0.3 is 0 Å². The fourth-order valence-corrected chi connectivity index (χ4v) is 2.97. The van der Waals surface area contributed by atoms with Crippen molar-refractivity contribution in [1.82, 2.24) is 4.31 Å². The molecule has 0 amide bonds. The first kappa shape index (κ1) is 14.6. The first-order valence-corrected chi connectivity index (χ1v) is 6.65. The van der Waals surface area contributed by atoms with Gasteiger partial charge in [0.25, 0.3) is 0 Å². The molecule has 3 N–H and O–H groups in total. The molecule has 1 aromatic carbocycles. The zero-order valence-corrected chi connectivity index (χ0v) is 10.5. The Bertz CT molecular complexity index is 531. The summed E-state index contributed by atoms with van der Waals surface area (Å²) in [5.74, 6) is -0.793. The third kappa shape index (κ3) is 2.87. The summed E-state index contributed by atoms with van der Waals surface area (Å²) in [6.45, 7) is 3.00. The fourth-order valence-electron chi connectivity index (χ4n) is 1.45. The van der Waals surface area contributed by atoms with Gasteiger partial charge < -0.3 is 10.8 Å². The lowest BCUT2D eigenvalue weighted by molar-refractivity contribution is 0.260. The third-order valence-corrected chi connectivity index (χ3v) is 4.24. The maximum atomic E-state index is 13.3. The number of halogens is 1. The third-order valence-electron chi connectivity index (χ3n) is 2.31. The van der Waals surface area contributed by atoms with Gasteiger partial charge in [-0.2, -0.15) is 4.31 Å². The van der Waals surface area contributed by atoms with E-state index in [1.54, 1.807) is 0 Å². The second-order valence-electron chi connectivity index (χ2n) is 3.53. The van der Waals surface area contributed by atoms with Gasteiger partial charge in [0.1, 0.15) is 10.7 Å². The Balaban J connectivity index is 3.26. The van der Waals surface area contributed by atoms with E-state index in [0.717, 1.165) is 10.4 Å². The number of benzene rings is 1. The molecule has 5 nitrogen and oxygen atoms in total. The molecule has 0 aliphatic carbocycles. The molecule has 0 spiro atoms. The van der Waals surface area contributed by atoms with E-state index in [4.69, 9.17) is 10.8 Å². The number of nitrogens with zero attached hydrogens (tertiary/aromatic N) is 1. The molecule has 0 fully saturated rings. The topological polar surface area (TPSA) is 83.6 Å². The SMILES string of the molecule is C=CCN(CCO)S(=O)(=O)c1cccc(F)c1N. The molecular weight excluding hydrogens is 259 g/mol. The monoisotopic (exact) mass is 274 g/mol. The van der Waals surface area contributed by atoms with E-state index in [2.05, 4.69) is 6.58 Å². The number of hydrogen-bond donors (Lipinski definition) is 2. The van der Waals surface area contributed by atoms with Crippen LogP contribution in [0.4, 0.5) is 10.1 Å². The van der Waals surface area contributed by atoms with Gasteiger partial charge in [-0.15, -0.1) is 6.58 Å². The lowest BCUT2D eigenvalue weighted by atomic mass is 10.3. The predicted molar refractivity (Wildman–Crippen MR) is 66.9 cm³/mol. The molecule has 0 unspecified atom stereocenters. The largest absolute Gasteiger partial charge is 0.395 e. The summed E-state index contributed by atoms with van der Waals surface area (Å²) in [5, 5.41) is 8.85. The summed E-state index contributed by atoms with van der Waals surface area (Å²) < 4.78 is 38.7. The Morgan fingerprint density at radius 1 is 1.50 bits per heavy atom. The van der Waals surface area contributed by atoms with Gasteiger partial charge in [0.05, 0.1) is 12.3 Å². The van der Waals surface area contributed by atoms with Crippen molar-refractivity contribution in [3.63, 3.8) is 0 Å². The number of nitrogens with two attached hydrogens (primary N) is 1. The van der Waals surface area contributed by atoms with Crippen LogP contribution in [0.3, 0.4) is 0 Å². The van der Waals surface area contributed by atoms with Gasteiger partial charge in [-0.25, -0.2) is 12.8 Å². The van der Waals surface area contributed by atoms with E-state index in [9.17, 15) is 12.8 Å². The molecule has 0 saturated carbocycles. The zero-order valence-electron chi connectivity index (χ0n) is 9.71. The lowest BCUT2D eigenvalue weighted by Crippen LogP contribution is -2.34. The number of hydrogen-bond acceptors (Lipinski definition) is 4. The Hall–Kier alpha value is -1.44. The minimum absolute atomic E-state index is 0.0127. The molecule has 0 radical (unpaired) electrons. The number of anilines is 1. The van der Waals surface area contributed by atoms with E-state index >= 15 is 0 Å². The van der Waals surface area contributed by atoms with Crippen LogP contribution < -0.4 is 5.73 Å². The van der Waals surface area contributed by atoms with Crippen LogP contribution in [0.25, 0.3) is 0 Å². The highest BCUT2D eigenvalue weighted by Gasteiger charge is 2.26. The minimum Gasteiger partial charge on any atom is -0.395 e. The first-order chi connectivity index (χ1) is 8.45. The molecule has 0 aromatic heterocycles. The number of para-hydroxylation sites is 1. The maximum absolute atomic E-state index is 13.3. The highest BCUT2D eigenvalue weighted by Crippen LogP contribution is 2.24. The van der Waals surface area contributed by atoms with Crippen LogP contribution in [-0.4, -0.2) is 37.5 Å². The normalized spacial score (nSPS) is 11.7. The summed E-state index contributed by atoms with van der Waals surface area (Å²) >= 11 is 0. The standard InChI is InChI=1S/C11H15FN2O3S/c1-2-6-14(7-8-15)18(16,17)10-5-3-4-9(12)11(10)13/h2-5,15H,1,6-8,13H2. The van der Waals surface area contributed by atoms with Crippen LogP contribution in [0.5, 0.6) is 0 Å². The molecule has 0 atom stereocenters. The highest BCUT2D eigenvalue weighted by molar-refractivity contribution is 7.89. The quantitative estimate of drug-likeness (QED) is 0.587. The molecule has 0 aliphatic heterocycles. The Kier molecular flexibility index (Phi) is 4.83. The van der Waals surface area contributed by atoms with Crippen LogP contribution in [0, 0.1) is 5.82 Å². The van der Waals surface area contributed by atoms with Crippen molar-refractivity contribution in [2.45, 2.75) is 4.90 Å². The summed E-state index contributed by atoms with van der Waals surface area (Å²) in [6, 6.07) is 3.57. The second-order valence-corrected chi connectivity index (χ2v) is 5.43. The Morgan fingerprint density at radius 3 is 2.72 bits per heavy atom. The van der Waals surface area contributed by atoms with Crippen LogP contribution >= 0.6 is 0 Å². The van der Waals surface area contributed by atoms with Crippen LogP contribution in [0.2, 0.25) is 0 Å². The summed E-state index contributed by atoms with van der Waals surface area (Å²) in [6.07, 6.45) is 1.38. The van der Waals surface area contributed by atoms with Crippen molar-refractivity contribution in [3.05, 3.63) is 36.7 Å². The Labute approximate surface area is 105 Å². The number of aliphatic hydroxyl groups is 1. The van der Waals surface area contributed by atoms with E-state index in [-0.39, 0.29) is 24.6 Å². The van der Waals surface area contributed by atoms with Crippen molar-refractivity contribution in [2.24, 2.45) is 0 Å². The first-order valence-electron chi connectivity index (χ1n) is 5.21. The number of rotatable bonds is 6. The van der Waals surface area contributed by atoms with E-state index < -0.39 is 21.5 Å². The molecule has 0 saturated heterocycles. The average molecular weight is 274 g/mol. The molecule has 100 valence electrons. The van der Waals surface area contributed by atoms with Crippen molar-refractivity contribution in [3.8, 4) is 0 Å². The molecule has 0 bridgehead atoms. The van der Waals surface area contributed by atoms with Crippen molar-refractivity contribution >= 4 is 15.7 Å². The van der Waals surface area contributed by atoms with Crippen LogP contribution in [0.1, 0.15) is 0 Å². The minimum atomic E-state index is -3.94. The molecule has 1 rings (SSSR count). The molecule has 0 aliphatic rings. The van der Waals surface area contributed by atoms with Gasteiger partial charge in [-0.3, -0.25) is 0 Å². The summed E-state index contributed by atoms with van der Waals surface area (Å²) in [5.41, 5.74) is 5.00. The van der Waals surface area contributed by atoms with E-state index in [1.165, 1.54) is 18.2 Å². The van der Waals surface area contributed by atoms with Gasteiger partial charge in [-0.1, -0.05) is 12.1 Å². The summed E-state index contributed by atoms with van der Waals surface area (Å²) in [4.78, 5) is -0.308. The lowest BCUT2D eigenvalue weighted by Gasteiger charge is -2.20. The maximum Gasteiger partial charge on any atom is 0.245 e. The Morgan fingerprint density at radius 2 is 2.17 bits per heavy atom. The number of nitrogen functional groups attached to an aromatic ring is 1. The fraction of sp³-hybridized carbons (Fsp3) is 0.273. The predicted octanol–water partition coefficient (Wildman–Crippen LogP) is 0.577. The van der Waals surface area contributed by atoms with Crippen molar-refractivity contribution < 1.29 is 17.9 Å². The van der Waals surface area contributed by atoms with Gasteiger partial charge in [0.2, 0.25) is 10.0 Å². The van der Waals surface area contributed by atoms with E-state index in [1.807, 2.05) is 0 Å². The second kappa shape index (κ2) is 5.94. The van der Waals surface area contributed by atoms with Gasteiger partial charge in [0.15, 0.2) is 0 Å². The van der Waals surface area contributed by atoms with Crippen molar-refractivity contribution in [2.75, 3.05) is 25.4 Å². The van der Waals surface area contributed by atoms with Crippen molar-refractivity contribution in [1.29, 1.82) is 0 Å².